The maximum Gasteiger partial charge on any atom is 0.225 e. The van der Waals surface area contributed by atoms with Crippen LogP contribution in [0.3, 0.4) is 0 Å². The molecule has 1 amide bonds. The molecule has 2 aromatic heterocycles. The number of carbonyl (C=O) groups is 1. The Labute approximate surface area is 152 Å². The van der Waals surface area contributed by atoms with Crippen LogP contribution in [0.1, 0.15) is 24.1 Å². The first-order valence-electron chi connectivity index (χ1n) is 9.08. The van der Waals surface area contributed by atoms with Crippen LogP contribution in [0.5, 0.6) is 0 Å². The minimum Gasteiger partial charge on any atom is -0.358 e. The number of hydrogen-bond donors (Lipinski definition) is 2. The van der Waals surface area contributed by atoms with Gasteiger partial charge < -0.3 is 15.2 Å². The second-order valence-corrected chi connectivity index (χ2v) is 6.85. The molecular formula is C20H23N5O. The molecule has 0 spiro atoms. The zero-order chi connectivity index (χ0) is 17.9. The third-order valence-electron chi connectivity index (χ3n) is 4.99. The summed E-state index contributed by atoms with van der Waals surface area (Å²) in [6.07, 6.45) is 5.92. The Morgan fingerprint density at radius 3 is 2.92 bits per heavy atom. The highest BCUT2D eigenvalue weighted by Gasteiger charge is 2.23. The van der Waals surface area contributed by atoms with Gasteiger partial charge in [0.1, 0.15) is 0 Å². The van der Waals surface area contributed by atoms with Crippen molar-refractivity contribution in [2.75, 3.05) is 18.0 Å². The van der Waals surface area contributed by atoms with E-state index in [1.54, 1.807) is 12.4 Å². The summed E-state index contributed by atoms with van der Waals surface area (Å²) in [5.41, 5.74) is 3.22. The van der Waals surface area contributed by atoms with Crippen molar-refractivity contribution in [2.45, 2.75) is 32.2 Å². The van der Waals surface area contributed by atoms with E-state index in [2.05, 4.69) is 31.2 Å². The Hall–Kier alpha value is -2.89. The van der Waals surface area contributed by atoms with Gasteiger partial charge in [-0.05, 0) is 37.5 Å². The molecule has 1 aliphatic heterocycles. The molecule has 1 fully saturated rings. The highest BCUT2D eigenvalue weighted by Crippen LogP contribution is 2.22. The zero-order valence-corrected chi connectivity index (χ0v) is 14.9. The monoisotopic (exact) mass is 349 g/mol. The predicted octanol–water partition coefficient (Wildman–Crippen LogP) is 2.59. The summed E-state index contributed by atoms with van der Waals surface area (Å²) in [4.78, 5) is 26.8. The number of nitrogens with zero attached hydrogens (tertiary/aromatic N) is 3. The Morgan fingerprint density at radius 2 is 2.08 bits per heavy atom. The molecule has 0 saturated carbocycles. The smallest absolute Gasteiger partial charge is 0.225 e. The van der Waals surface area contributed by atoms with Gasteiger partial charge in [-0.1, -0.05) is 18.2 Å². The number of amides is 1. The number of rotatable bonds is 4. The van der Waals surface area contributed by atoms with Crippen molar-refractivity contribution in [1.29, 1.82) is 0 Å². The molecule has 6 nitrogen and oxygen atoms in total. The Balaban J connectivity index is 1.42. The SMILES string of the molecule is Cc1[nH]c2ccccc2c1CC(=O)N[C@@H]1CCCN(c2ncccn2)C1. The standard InChI is InChI=1S/C20H23N5O/c1-14-17(16-7-2-3-8-18(16)23-14)12-19(26)24-15-6-4-11-25(13-15)20-21-9-5-10-22-20/h2-3,5,7-10,15,23H,4,6,11-13H2,1H3,(H,24,26)/t15-/m1/s1. The summed E-state index contributed by atoms with van der Waals surface area (Å²) in [5.74, 6) is 0.803. The molecule has 1 saturated heterocycles. The third kappa shape index (κ3) is 3.40. The summed E-state index contributed by atoms with van der Waals surface area (Å²) in [6, 6.07) is 10.1. The van der Waals surface area contributed by atoms with Gasteiger partial charge in [0.05, 0.1) is 6.42 Å². The fraction of sp³-hybridized carbons (Fsp3) is 0.350. The lowest BCUT2D eigenvalue weighted by molar-refractivity contribution is -0.121. The first kappa shape index (κ1) is 16.6. The molecule has 0 aliphatic carbocycles. The summed E-state index contributed by atoms with van der Waals surface area (Å²) >= 11 is 0. The van der Waals surface area contributed by atoms with Crippen LogP contribution in [0, 0.1) is 6.92 Å². The van der Waals surface area contributed by atoms with Gasteiger partial charge in [0, 0.05) is 48.1 Å². The second kappa shape index (κ2) is 7.15. The topological polar surface area (TPSA) is 73.9 Å². The average molecular weight is 349 g/mol. The van der Waals surface area contributed by atoms with Gasteiger partial charge in [-0.2, -0.15) is 0 Å². The van der Waals surface area contributed by atoms with Gasteiger partial charge in [0.2, 0.25) is 11.9 Å². The molecule has 0 unspecified atom stereocenters. The predicted molar refractivity (Wildman–Crippen MR) is 102 cm³/mol. The molecule has 4 rings (SSSR count). The Morgan fingerprint density at radius 1 is 1.27 bits per heavy atom. The van der Waals surface area contributed by atoms with Crippen molar-refractivity contribution < 1.29 is 4.79 Å². The van der Waals surface area contributed by atoms with Crippen molar-refractivity contribution in [1.82, 2.24) is 20.3 Å². The summed E-state index contributed by atoms with van der Waals surface area (Å²) in [7, 11) is 0. The number of carbonyl (C=O) groups excluding carboxylic acids is 1. The Bertz CT molecular complexity index is 905. The summed E-state index contributed by atoms with van der Waals surface area (Å²) < 4.78 is 0. The molecule has 0 bridgehead atoms. The molecule has 2 N–H and O–H groups in total. The van der Waals surface area contributed by atoms with E-state index >= 15 is 0 Å². The molecule has 26 heavy (non-hydrogen) atoms. The number of benzene rings is 1. The van der Waals surface area contributed by atoms with Gasteiger partial charge >= 0.3 is 0 Å². The van der Waals surface area contributed by atoms with Crippen molar-refractivity contribution >= 4 is 22.8 Å². The highest BCUT2D eigenvalue weighted by molar-refractivity contribution is 5.90. The minimum absolute atomic E-state index is 0.0682. The zero-order valence-electron chi connectivity index (χ0n) is 14.9. The molecule has 1 aromatic carbocycles. The lowest BCUT2D eigenvalue weighted by Crippen LogP contribution is -2.48. The third-order valence-corrected chi connectivity index (χ3v) is 4.99. The number of fused-ring (bicyclic) bond motifs is 1. The fourth-order valence-corrected chi connectivity index (χ4v) is 3.73. The first-order valence-corrected chi connectivity index (χ1v) is 9.08. The van der Waals surface area contributed by atoms with Gasteiger partial charge in [-0.15, -0.1) is 0 Å². The van der Waals surface area contributed by atoms with Crippen molar-refractivity contribution in [3.8, 4) is 0 Å². The maximum atomic E-state index is 12.6. The van der Waals surface area contributed by atoms with Crippen LogP contribution in [0.25, 0.3) is 10.9 Å². The number of piperidine rings is 1. The number of aryl methyl sites for hydroxylation is 1. The van der Waals surface area contributed by atoms with Crippen LogP contribution >= 0.6 is 0 Å². The number of hydrogen-bond acceptors (Lipinski definition) is 4. The molecule has 3 heterocycles. The van der Waals surface area contributed by atoms with Gasteiger partial charge in [0.25, 0.3) is 0 Å². The largest absolute Gasteiger partial charge is 0.358 e. The fourth-order valence-electron chi connectivity index (χ4n) is 3.73. The van der Waals surface area contributed by atoms with Gasteiger partial charge in [0.15, 0.2) is 0 Å². The van der Waals surface area contributed by atoms with Crippen molar-refractivity contribution in [3.63, 3.8) is 0 Å². The molecular weight excluding hydrogens is 326 g/mol. The van der Waals surface area contributed by atoms with E-state index in [4.69, 9.17) is 0 Å². The number of H-pyrrole nitrogens is 1. The van der Waals surface area contributed by atoms with Crippen LogP contribution in [0.15, 0.2) is 42.7 Å². The van der Waals surface area contributed by atoms with Crippen LogP contribution in [-0.4, -0.2) is 40.0 Å². The molecule has 0 radical (unpaired) electrons. The number of anilines is 1. The van der Waals surface area contributed by atoms with Crippen LogP contribution in [-0.2, 0) is 11.2 Å². The normalized spacial score (nSPS) is 17.4. The summed E-state index contributed by atoms with van der Waals surface area (Å²) in [5, 5.41) is 4.33. The minimum atomic E-state index is 0.0682. The summed E-state index contributed by atoms with van der Waals surface area (Å²) in [6.45, 7) is 3.71. The molecule has 1 aliphatic rings. The number of aromatic amines is 1. The molecule has 6 heteroatoms. The van der Waals surface area contributed by atoms with Crippen LogP contribution < -0.4 is 10.2 Å². The lowest BCUT2D eigenvalue weighted by Gasteiger charge is -2.33. The highest BCUT2D eigenvalue weighted by atomic mass is 16.1. The van der Waals surface area contributed by atoms with E-state index in [0.29, 0.717) is 6.42 Å². The first-order chi connectivity index (χ1) is 12.7. The lowest BCUT2D eigenvalue weighted by atomic mass is 10.0. The van der Waals surface area contributed by atoms with Gasteiger partial charge in [-0.3, -0.25) is 4.79 Å². The van der Waals surface area contributed by atoms with Crippen molar-refractivity contribution in [2.24, 2.45) is 0 Å². The van der Waals surface area contributed by atoms with E-state index < -0.39 is 0 Å². The van der Waals surface area contributed by atoms with Gasteiger partial charge in [-0.25, -0.2) is 9.97 Å². The van der Waals surface area contributed by atoms with Crippen molar-refractivity contribution in [3.05, 3.63) is 54.0 Å². The van der Waals surface area contributed by atoms with E-state index in [0.717, 1.165) is 54.0 Å². The number of para-hydroxylation sites is 1. The average Bonchev–Trinajstić information content (AvgIpc) is 2.98. The number of nitrogens with one attached hydrogen (secondary N) is 2. The van der Waals surface area contributed by atoms with Crippen LogP contribution in [0.4, 0.5) is 5.95 Å². The maximum absolute atomic E-state index is 12.6. The molecule has 3 aromatic rings. The quantitative estimate of drug-likeness (QED) is 0.759. The Kier molecular flexibility index (Phi) is 4.56. The van der Waals surface area contributed by atoms with E-state index in [1.807, 2.05) is 31.2 Å². The van der Waals surface area contributed by atoms with Crippen LogP contribution in [0.2, 0.25) is 0 Å². The second-order valence-electron chi connectivity index (χ2n) is 6.85. The van der Waals surface area contributed by atoms with E-state index in [-0.39, 0.29) is 11.9 Å². The number of aromatic nitrogens is 3. The van der Waals surface area contributed by atoms with E-state index in [9.17, 15) is 4.79 Å². The van der Waals surface area contributed by atoms with E-state index in [1.165, 1.54) is 0 Å². The molecule has 134 valence electrons. The molecule has 1 atom stereocenters.